The molecule has 0 saturated carbocycles. The van der Waals surface area contributed by atoms with E-state index >= 15 is 0 Å². The number of sulfonamides is 2. The Morgan fingerprint density at radius 3 is 1.03 bits per heavy atom. The van der Waals surface area contributed by atoms with Crippen LogP contribution in [0.5, 0.6) is 0 Å². The molecule has 0 aromatic carbocycles. The van der Waals surface area contributed by atoms with Gasteiger partial charge < -0.3 is 0 Å². The first-order chi connectivity index (χ1) is 16.6. The highest BCUT2D eigenvalue weighted by Gasteiger charge is 2.63. The summed E-state index contributed by atoms with van der Waals surface area (Å²) in [6, 6.07) is 0. The fourth-order valence-electron chi connectivity index (χ4n) is 3.74. The molecule has 0 radical (unpaired) electrons. The van der Waals surface area contributed by atoms with Crippen molar-refractivity contribution in [2.45, 2.75) is 128 Å². The van der Waals surface area contributed by atoms with E-state index in [1.807, 2.05) is 6.92 Å². The maximum absolute atomic E-state index is 13.2. The molecule has 0 spiro atoms. The first-order valence-corrected chi connectivity index (χ1v) is 17.4. The van der Waals surface area contributed by atoms with Gasteiger partial charge in [-0.2, -0.15) is 26.3 Å². The molecule has 0 aliphatic rings. The van der Waals surface area contributed by atoms with Crippen LogP contribution >= 0.6 is 8.07 Å². The number of hydrogen-bond acceptors (Lipinski definition) is 4. The summed E-state index contributed by atoms with van der Waals surface area (Å²) in [5, 5.41) is 0. The van der Waals surface area contributed by atoms with Gasteiger partial charge in [0, 0.05) is 8.07 Å². The minimum absolute atomic E-state index is 0.148. The molecule has 218 valence electrons. The maximum Gasteiger partial charge on any atom is 0.512 e. The van der Waals surface area contributed by atoms with Gasteiger partial charge >= 0.3 is 31.1 Å². The third kappa shape index (κ3) is 12.6. The van der Waals surface area contributed by atoms with E-state index < -0.39 is 42.6 Å². The Morgan fingerprint density at radius 1 is 0.500 bits per heavy atom. The number of halogens is 6. The van der Waals surface area contributed by atoms with Gasteiger partial charge in [-0.05, 0) is 25.2 Å². The third-order valence-corrected chi connectivity index (χ3v) is 13.7. The van der Waals surface area contributed by atoms with Crippen LogP contribution in [0.2, 0.25) is 0 Å². The summed E-state index contributed by atoms with van der Waals surface area (Å²) in [6.45, 7) is 4.00. The lowest BCUT2D eigenvalue weighted by molar-refractivity contribution is -0.0505. The van der Waals surface area contributed by atoms with Gasteiger partial charge in [-0.15, -0.1) is 0 Å². The Labute approximate surface area is 214 Å². The van der Waals surface area contributed by atoms with Gasteiger partial charge in [-0.3, -0.25) is 0 Å². The first-order valence-electron chi connectivity index (χ1n) is 12.8. The molecule has 0 fully saturated rings. The van der Waals surface area contributed by atoms with Crippen LogP contribution in [0.3, 0.4) is 0 Å². The smallest absolute Gasteiger partial charge is 0.201 e. The van der Waals surface area contributed by atoms with Crippen LogP contribution in [-0.4, -0.2) is 43.7 Å². The lowest BCUT2D eigenvalue weighted by Gasteiger charge is -2.31. The van der Waals surface area contributed by atoms with Crippen LogP contribution in [0.25, 0.3) is 0 Å². The van der Waals surface area contributed by atoms with Crippen LogP contribution in [0.4, 0.5) is 26.3 Å². The molecule has 1 atom stereocenters. The highest BCUT2D eigenvalue weighted by atomic mass is 32.3. The molecule has 5 nitrogen and oxygen atoms in total. The summed E-state index contributed by atoms with van der Waals surface area (Å²) in [7, 11) is -16.2. The fraction of sp³-hybridized carbons (Fsp3) is 1.00. The summed E-state index contributed by atoms with van der Waals surface area (Å²) < 4.78 is 126. The van der Waals surface area contributed by atoms with Crippen molar-refractivity contribution in [1.29, 1.82) is 0 Å². The zero-order valence-corrected chi connectivity index (χ0v) is 23.9. The quantitative estimate of drug-likeness (QED) is 0.0759. The molecular weight excluding hydrogens is 551 g/mol. The molecule has 0 saturated heterocycles. The Kier molecular flexibility index (Phi) is 17.4. The molecule has 0 heterocycles. The average Bonchev–Trinajstić information content (AvgIpc) is 2.75. The van der Waals surface area contributed by atoms with E-state index in [1.165, 1.54) is 32.1 Å². The van der Waals surface area contributed by atoms with Crippen LogP contribution < -0.4 is 0 Å². The highest BCUT2D eigenvalue weighted by molar-refractivity contribution is 8.11. The van der Waals surface area contributed by atoms with E-state index in [4.69, 9.17) is 0 Å². The zero-order chi connectivity index (χ0) is 27.9. The van der Waals surface area contributed by atoms with Crippen molar-refractivity contribution in [3.05, 3.63) is 0 Å². The molecule has 14 heteroatoms. The minimum atomic E-state index is -6.73. The first kappa shape index (κ1) is 35.9. The van der Waals surface area contributed by atoms with Gasteiger partial charge in [0.1, 0.15) is 0 Å². The predicted octanol–water partition coefficient (Wildman–Crippen LogP) is 8.67. The van der Waals surface area contributed by atoms with Crippen molar-refractivity contribution in [3.63, 3.8) is 0 Å². The summed E-state index contributed by atoms with van der Waals surface area (Å²) in [4.78, 5) is 0. The molecule has 36 heavy (non-hydrogen) atoms. The van der Waals surface area contributed by atoms with Gasteiger partial charge in [0.15, 0.2) is 0 Å². The van der Waals surface area contributed by atoms with Crippen molar-refractivity contribution in [2.75, 3.05) is 12.3 Å². The van der Waals surface area contributed by atoms with Crippen LogP contribution in [0.1, 0.15) is 117 Å². The van der Waals surface area contributed by atoms with E-state index in [9.17, 15) is 43.2 Å². The lowest BCUT2D eigenvalue weighted by atomic mass is 10.1. The van der Waals surface area contributed by atoms with E-state index in [0.717, 1.165) is 32.1 Å². The van der Waals surface area contributed by atoms with E-state index in [2.05, 4.69) is 6.92 Å². The number of alkyl halides is 6. The maximum atomic E-state index is 13.2. The number of nitrogens with zero attached hydrogens (tertiary/aromatic N) is 1. The monoisotopic (exact) mass is 593 g/mol. The summed E-state index contributed by atoms with van der Waals surface area (Å²) in [5.41, 5.74) is -12.3. The van der Waals surface area contributed by atoms with Gasteiger partial charge in [0.2, 0.25) is 0 Å². The molecule has 0 aromatic heterocycles. The largest absolute Gasteiger partial charge is 0.512 e. The standard InChI is InChI=1S/C22H42F6NO4PS2/c1-3-5-7-9-10-11-12-13-14-15-16-18-20-34(19-17-8-6-4-2)29(35(30,31)21(23,24)25)36(32,33)22(26,27)28/h3-20H2,1-2H3. The van der Waals surface area contributed by atoms with E-state index in [0.29, 0.717) is 25.7 Å². The van der Waals surface area contributed by atoms with Gasteiger partial charge in [0.05, 0.1) is 0 Å². The minimum Gasteiger partial charge on any atom is -0.201 e. The lowest BCUT2D eigenvalue weighted by Crippen LogP contribution is -2.47. The van der Waals surface area contributed by atoms with Crippen molar-refractivity contribution in [2.24, 2.45) is 0 Å². The second kappa shape index (κ2) is 17.5. The fourth-order valence-corrected chi connectivity index (χ4v) is 11.3. The number of rotatable bonds is 21. The molecule has 0 aliphatic heterocycles. The van der Waals surface area contributed by atoms with Crippen LogP contribution in [-0.2, 0) is 20.0 Å². The van der Waals surface area contributed by atoms with E-state index in [1.54, 1.807) is 0 Å². The zero-order valence-electron chi connectivity index (χ0n) is 21.3. The van der Waals surface area contributed by atoms with Crippen molar-refractivity contribution >= 4 is 28.1 Å². The molecule has 0 aliphatic carbocycles. The van der Waals surface area contributed by atoms with E-state index in [-0.39, 0.29) is 25.2 Å². The number of hydrogen-bond donors (Lipinski definition) is 0. The Hall–Kier alpha value is -0.130. The SMILES string of the molecule is CCCCCCCCCCCCCCP(CCCCCC)N(S(=O)(=O)C(F)(F)F)S(=O)(=O)C(F)(F)F. The van der Waals surface area contributed by atoms with Crippen LogP contribution in [0, 0.1) is 0 Å². The molecule has 0 amide bonds. The second-order valence-corrected chi connectivity index (χ2v) is 15.6. The Bertz CT molecular complexity index is 745. The van der Waals surface area contributed by atoms with Crippen molar-refractivity contribution in [3.8, 4) is 0 Å². The molecule has 0 bridgehead atoms. The summed E-state index contributed by atoms with van der Waals surface area (Å²) >= 11 is 0. The molecule has 0 rings (SSSR count). The average molecular weight is 594 g/mol. The summed E-state index contributed by atoms with van der Waals surface area (Å²) in [6.07, 6.45) is 12.7. The second-order valence-electron chi connectivity index (χ2n) is 8.98. The van der Waals surface area contributed by atoms with Crippen molar-refractivity contribution < 1.29 is 43.2 Å². The van der Waals surface area contributed by atoms with Gasteiger partial charge in [0.25, 0.3) is 0 Å². The topological polar surface area (TPSA) is 71.5 Å². The highest BCUT2D eigenvalue weighted by Crippen LogP contribution is 2.52. The van der Waals surface area contributed by atoms with Gasteiger partial charge in [-0.25, -0.2) is 16.8 Å². The molecule has 0 N–H and O–H groups in total. The summed E-state index contributed by atoms with van der Waals surface area (Å²) in [5.74, 6) is 0. The Balaban J connectivity index is 5.19. The third-order valence-electron chi connectivity index (χ3n) is 5.77. The van der Waals surface area contributed by atoms with Crippen LogP contribution in [0.15, 0.2) is 0 Å². The molecule has 1 unspecified atom stereocenters. The normalized spacial score (nSPS) is 14.5. The van der Waals surface area contributed by atoms with Gasteiger partial charge in [-0.1, -0.05) is 107 Å². The predicted molar refractivity (Wildman–Crippen MR) is 134 cm³/mol. The Morgan fingerprint density at radius 2 is 0.750 bits per heavy atom. The van der Waals surface area contributed by atoms with Crippen molar-refractivity contribution in [1.82, 2.24) is 3.48 Å². The number of unbranched alkanes of at least 4 members (excludes halogenated alkanes) is 14. The molecule has 0 aromatic rings. The molecular formula is C22H42F6NO4PS2.